The molecule has 0 saturated heterocycles. The van der Waals surface area contributed by atoms with Gasteiger partial charge in [-0.15, -0.1) is 0 Å². The predicted molar refractivity (Wildman–Crippen MR) is 248 cm³/mol. The molecule has 0 aliphatic heterocycles. The molecule has 1 heteroatoms. The number of benzene rings is 6. The topological polar surface area (TPSA) is 0 Å². The first kappa shape index (κ1) is 40.3. The molecule has 0 unspecified atom stereocenters. The van der Waals surface area contributed by atoms with Crippen LogP contribution in [0, 0.1) is 0 Å². The van der Waals surface area contributed by atoms with Crippen molar-refractivity contribution in [2.24, 2.45) is 0 Å². The molecule has 8 rings (SSSR count). The van der Waals surface area contributed by atoms with Gasteiger partial charge in [0.1, 0.15) is 0 Å². The van der Waals surface area contributed by atoms with Crippen LogP contribution in [0.2, 0.25) is 3.63 Å². The van der Waals surface area contributed by atoms with Gasteiger partial charge in [0.25, 0.3) is 0 Å². The monoisotopic (exact) mass is 834 g/mol. The second-order valence-corrected chi connectivity index (χ2v) is 25.8. The van der Waals surface area contributed by atoms with E-state index in [1.54, 1.807) is 3.21 Å². The van der Waals surface area contributed by atoms with Crippen molar-refractivity contribution in [3.05, 3.63) is 202 Å². The molecule has 0 fully saturated rings. The summed E-state index contributed by atoms with van der Waals surface area (Å²) in [6, 6.07) is 52.3. The van der Waals surface area contributed by atoms with E-state index in [2.05, 4.69) is 227 Å². The van der Waals surface area contributed by atoms with Crippen LogP contribution in [0.25, 0.3) is 33.4 Å². The standard InChI is InChI=1S/C33H33.C19H22.C5H5.Zr/c1-32(2,3)30-20-26-24(18-28(30)22-13-9-7-10-14-22)17-25-19-29(23-15-11-8-12-16-23)31(21-27(25)26)33(4,5)6;1-14(2)18-9-5-16(6-10-18)13-17-7-11-19(12-8-17)15(3)4;1-2-4-5-3-1;/h7-21H,1-6H3;5-12,14-15H,1-4H3;1-5H;. The number of rotatable bonds is 8. The number of fused-ring (bicyclic) bond motifs is 3. The summed E-state index contributed by atoms with van der Waals surface area (Å²) >= 11 is -2.97. The minimum atomic E-state index is -2.97. The van der Waals surface area contributed by atoms with E-state index in [0.717, 1.165) is 0 Å². The van der Waals surface area contributed by atoms with Crippen molar-refractivity contribution >= 4 is 3.21 Å². The molecule has 0 spiro atoms. The van der Waals surface area contributed by atoms with Gasteiger partial charge in [-0.05, 0) is 0 Å². The molecule has 0 radical (unpaired) electrons. The molecule has 2 aliphatic rings. The van der Waals surface area contributed by atoms with Crippen LogP contribution in [-0.2, 0) is 32.1 Å². The first-order chi connectivity index (χ1) is 27.7. The van der Waals surface area contributed by atoms with Gasteiger partial charge in [-0.25, -0.2) is 0 Å². The van der Waals surface area contributed by atoms with Crippen LogP contribution in [0.4, 0.5) is 0 Å². The van der Waals surface area contributed by atoms with Crippen molar-refractivity contribution in [2.75, 3.05) is 0 Å². The van der Waals surface area contributed by atoms with Gasteiger partial charge >= 0.3 is 359 Å². The molecule has 292 valence electrons. The predicted octanol–water partition coefficient (Wildman–Crippen LogP) is 15.7. The minimum absolute atomic E-state index is 0.0403. The van der Waals surface area contributed by atoms with E-state index in [1.165, 1.54) is 77.9 Å². The number of hydrogen-bond acceptors (Lipinski definition) is 0. The average molecular weight is 836 g/mol. The molecule has 0 N–H and O–H groups in total. The molecular formula is C57H60Zr. The van der Waals surface area contributed by atoms with Gasteiger partial charge in [0, 0.05) is 0 Å². The maximum atomic E-state index is 2.65. The zero-order valence-corrected chi connectivity index (χ0v) is 38.8. The summed E-state index contributed by atoms with van der Waals surface area (Å²) in [6.45, 7) is 23.5. The van der Waals surface area contributed by atoms with Crippen molar-refractivity contribution in [1.29, 1.82) is 0 Å². The Morgan fingerprint density at radius 3 is 1.19 bits per heavy atom. The fourth-order valence-corrected chi connectivity index (χ4v) is 18.7. The van der Waals surface area contributed by atoms with E-state index in [9.17, 15) is 0 Å². The van der Waals surface area contributed by atoms with Crippen molar-refractivity contribution in [2.45, 2.75) is 99.2 Å². The molecular weight excluding hydrogens is 776 g/mol. The SMILES string of the molecule is CC(C)c1ccc([C](c2ccc(C(C)C)cc2)=[Zr]([CH]2C=CC=C2)[CH]2c3cc(-c4ccccc4)c(C(C)(C)C)cc3-c3cc(C(C)(C)C)c(-c4ccccc4)cc32)cc1. The third kappa shape index (κ3) is 7.73. The van der Waals surface area contributed by atoms with Crippen LogP contribution in [0.15, 0.2) is 158 Å². The van der Waals surface area contributed by atoms with Crippen LogP contribution in [0.1, 0.15) is 129 Å². The van der Waals surface area contributed by atoms with E-state index >= 15 is 0 Å². The average Bonchev–Trinajstić information content (AvgIpc) is 3.85. The summed E-state index contributed by atoms with van der Waals surface area (Å²) in [4.78, 5) is 0. The fourth-order valence-electron chi connectivity index (χ4n) is 9.35. The van der Waals surface area contributed by atoms with E-state index in [0.29, 0.717) is 19.1 Å². The Balaban J connectivity index is 1.54. The van der Waals surface area contributed by atoms with Crippen LogP contribution >= 0.6 is 0 Å². The van der Waals surface area contributed by atoms with Gasteiger partial charge in [0.15, 0.2) is 0 Å². The van der Waals surface area contributed by atoms with Gasteiger partial charge < -0.3 is 0 Å². The van der Waals surface area contributed by atoms with Crippen molar-refractivity contribution in [3.8, 4) is 33.4 Å². The molecule has 0 heterocycles. The van der Waals surface area contributed by atoms with Crippen molar-refractivity contribution in [3.63, 3.8) is 0 Å². The van der Waals surface area contributed by atoms with Gasteiger partial charge in [-0.1, -0.05) is 0 Å². The molecule has 6 aromatic carbocycles. The van der Waals surface area contributed by atoms with E-state index in [4.69, 9.17) is 0 Å². The molecule has 0 amide bonds. The van der Waals surface area contributed by atoms with E-state index in [-0.39, 0.29) is 10.8 Å². The van der Waals surface area contributed by atoms with Crippen molar-refractivity contribution < 1.29 is 21.3 Å². The van der Waals surface area contributed by atoms with Crippen molar-refractivity contribution in [1.82, 2.24) is 0 Å². The van der Waals surface area contributed by atoms with E-state index in [1.807, 2.05) is 0 Å². The Hall–Kier alpha value is -4.45. The molecule has 0 saturated carbocycles. The van der Waals surface area contributed by atoms with Gasteiger partial charge in [-0.3, -0.25) is 0 Å². The Morgan fingerprint density at radius 2 is 0.845 bits per heavy atom. The third-order valence-corrected chi connectivity index (χ3v) is 21.1. The fraction of sp³-hybridized carbons (Fsp3) is 0.281. The summed E-state index contributed by atoms with van der Waals surface area (Å²) in [6.07, 6.45) is 9.72. The molecule has 2 aliphatic carbocycles. The maximum absolute atomic E-state index is 2.97. The second-order valence-electron chi connectivity index (χ2n) is 19.3. The van der Waals surface area contributed by atoms with Gasteiger partial charge in [0.05, 0.1) is 0 Å². The summed E-state index contributed by atoms with van der Waals surface area (Å²) in [5.74, 6) is 0.967. The summed E-state index contributed by atoms with van der Waals surface area (Å²) in [5, 5.41) is 0. The molecule has 0 nitrogen and oxygen atoms in total. The van der Waals surface area contributed by atoms with Crippen LogP contribution in [-0.4, -0.2) is 3.21 Å². The van der Waals surface area contributed by atoms with Gasteiger partial charge in [0.2, 0.25) is 0 Å². The van der Waals surface area contributed by atoms with Crippen LogP contribution in [0.5, 0.6) is 0 Å². The van der Waals surface area contributed by atoms with Gasteiger partial charge in [-0.2, -0.15) is 0 Å². The number of hydrogen-bond donors (Lipinski definition) is 0. The Kier molecular flexibility index (Phi) is 11.1. The van der Waals surface area contributed by atoms with Crippen LogP contribution < -0.4 is 0 Å². The Morgan fingerprint density at radius 1 is 0.466 bits per heavy atom. The zero-order chi connectivity index (χ0) is 40.9. The quantitative estimate of drug-likeness (QED) is 0.143. The molecule has 0 aromatic heterocycles. The van der Waals surface area contributed by atoms with Crippen LogP contribution in [0.3, 0.4) is 0 Å². The summed E-state index contributed by atoms with van der Waals surface area (Å²) < 4.78 is 2.31. The molecule has 58 heavy (non-hydrogen) atoms. The summed E-state index contributed by atoms with van der Waals surface area (Å²) in [5.41, 5.74) is 19.6. The normalized spacial score (nSPS) is 14.1. The molecule has 6 aromatic rings. The van der Waals surface area contributed by atoms with E-state index < -0.39 is 21.3 Å². The Labute approximate surface area is 357 Å². The zero-order valence-electron chi connectivity index (χ0n) is 36.3. The first-order valence-electron chi connectivity index (χ1n) is 21.5. The third-order valence-electron chi connectivity index (χ3n) is 12.5. The molecule has 0 bridgehead atoms. The number of allylic oxidation sites excluding steroid dienone is 4. The Bertz CT molecular complexity index is 2360. The summed E-state index contributed by atoms with van der Waals surface area (Å²) in [7, 11) is 0. The second kappa shape index (κ2) is 16.0. The first-order valence-corrected chi connectivity index (χ1v) is 25.5. The molecule has 0 atom stereocenters.